The summed E-state index contributed by atoms with van der Waals surface area (Å²) < 4.78 is 28.6. The first-order chi connectivity index (χ1) is 11.9. The maximum atomic E-state index is 12.7. The largest absolute Gasteiger partial charge is 0.279 e. The van der Waals surface area contributed by atoms with Crippen LogP contribution in [0.25, 0.3) is 11.4 Å². The fourth-order valence-corrected chi connectivity index (χ4v) is 4.37. The summed E-state index contributed by atoms with van der Waals surface area (Å²) in [5.74, 6) is 1.40. The van der Waals surface area contributed by atoms with Crippen molar-refractivity contribution in [3.8, 4) is 11.4 Å². The van der Waals surface area contributed by atoms with E-state index in [1.165, 1.54) is 0 Å². The highest BCUT2D eigenvalue weighted by molar-refractivity contribution is 9.10. The smallest absolute Gasteiger partial charge is 0.263 e. The SMILES string of the molecule is CC(C)c1nc(-c2ccccc2NS(=O)(=O)c2ccccc2Br)n[nH]1. The van der Waals surface area contributed by atoms with Crippen LogP contribution in [0, 0.1) is 0 Å². The van der Waals surface area contributed by atoms with Gasteiger partial charge in [-0.15, -0.1) is 0 Å². The zero-order valence-electron chi connectivity index (χ0n) is 13.7. The Balaban J connectivity index is 2.00. The average Bonchev–Trinajstić information content (AvgIpc) is 3.05. The van der Waals surface area contributed by atoms with Crippen molar-refractivity contribution in [2.45, 2.75) is 24.7 Å². The molecule has 130 valence electrons. The lowest BCUT2D eigenvalue weighted by atomic mass is 10.1. The Morgan fingerprint density at radius 3 is 2.44 bits per heavy atom. The molecule has 0 fully saturated rings. The number of hydrogen-bond acceptors (Lipinski definition) is 4. The molecule has 0 bridgehead atoms. The van der Waals surface area contributed by atoms with Crippen LogP contribution in [0.3, 0.4) is 0 Å². The van der Waals surface area contributed by atoms with E-state index in [1.807, 2.05) is 19.9 Å². The molecule has 0 aliphatic heterocycles. The summed E-state index contributed by atoms with van der Waals surface area (Å²) in [6.45, 7) is 4.01. The van der Waals surface area contributed by atoms with Gasteiger partial charge >= 0.3 is 0 Å². The molecule has 2 N–H and O–H groups in total. The standard InChI is InChI=1S/C17H17BrN4O2S/c1-11(2)16-19-17(21-20-16)12-7-3-5-9-14(12)22-25(23,24)15-10-6-4-8-13(15)18/h3-11,22H,1-2H3,(H,19,20,21). The van der Waals surface area contributed by atoms with Crippen molar-refractivity contribution in [3.05, 3.63) is 58.8 Å². The van der Waals surface area contributed by atoms with Crippen molar-refractivity contribution in [1.82, 2.24) is 15.2 Å². The van der Waals surface area contributed by atoms with Crippen molar-refractivity contribution < 1.29 is 8.42 Å². The third kappa shape index (κ3) is 3.74. The number of nitrogens with zero attached hydrogens (tertiary/aromatic N) is 2. The van der Waals surface area contributed by atoms with Crippen molar-refractivity contribution >= 4 is 31.6 Å². The van der Waals surface area contributed by atoms with Crippen molar-refractivity contribution in [2.75, 3.05) is 4.72 Å². The molecular formula is C17H17BrN4O2S. The molecular weight excluding hydrogens is 404 g/mol. The fraction of sp³-hybridized carbons (Fsp3) is 0.176. The van der Waals surface area contributed by atoms with Crippen molar-refractivity contribution in [2.24, 2.45) is 0 Å². The Bertz CT molecular complexity index is 999. The third-order valence-corrected chi connectivity index (χ3v) is 5.97. The van der Waals surface area contributed by atoms with E-state index in [9.17, 15) is 8.42 Å². The van der Waals surface area contributed by atoms with E-state index in [0.717, 1.165) is 5.82 Å². The molecule has 0 radical (unpaired) electrons. The summed E-state index contributed by atoms with van der Waals surface area (Å²) >= 11 is 3.28. The average molecular weight is 421 g/mol. The highest BCUT2D eigenvalue weighted by Gasteiger charge is 2.20. The molecule has 1 aromatic heterocycles. The summed E-state index contributed by atoms with van der Waals surface area (Å²) in [5, 5.41) is 7.10. The molecule has 0 saturated heterocycles. The Kier molecular flexibility index (Phi) is 4.91. The molecule has 1 heterocycles. The van der Waals surface area contributed by atoms with Gasteiger partial charge in [-0.25, -0.2) is 13.4 Å². The number of H-pyrrole nitrogens is 1. The number of anilines is 1. The van der Waals surface area contributed by atoms with Gasteiger partial charge in [-0.2, -0.15) is 5.10 Å². The number of aromatic nitrogens is 3. The summed E-state index contributed by atoms with van der Waals surface area (Å²) in [4.78, 5) is 4.62. The number of hydrogen-bond donors (Lipinski definition) is 2. The van der Waals surface area contributed by atoms with Gasteiger partial charge in [-0.3, -0.25) is 9.82 Å². The number of nitrogens with one attached hydrogen (secondary N) is 2. The molecule has 0 spiro atoms. The first-order valence-electron chi connectivity index (χ1n) is 7.67. The number of rotatable bonds is 5. The summed E-state index contributed by atoms with van der Waals surface area (Å²) in [7, 11) is -3.75. The molecule has 0 atom stereocenters. The zero-order valence-corrected chi connectivity index (χ0v) is 16.1. The minimum absolute atomic E-state index is 0.169. The predicted octanol–water partition coefficient (Wildman–Crippen LogP) is 4.16. The van der Waals surface area contributed by atoms with Crippen LogP contribution in [0.15, 0.2) is 57.9 Å². The molecule has 0 aliphatic carbocycles. The van der Waals surface area contributed by atoms with E-state index in [1.54, 1.807) is 42.5 Å². The Labute approximate surface area is 154 Å². The van der Waals surface area contributed by atoms with Crippen LogP contribution < -0.4 is 4.72 Å². The maximum absolute atomic E-state index is 12.7. The van der Waals surface area contributed by atoms with Gasteiger partial charge in [0, 0.05) is 16.0 Å². The third-order valence-electron chi connectivity index (χ3n) is 3.59. The number of benzene rings is 2. The predicted molar refractivity (Wildman–Crippen MR) is 101 cm³/mol. The molecule has 3 rings (SSSR count). The zero-order chi connectivity index (χ0) is 18.0. The molecule has 2 aromatic carbocycles. The second kappa shape index (κ2) is 6.97. The number of halogens is 1. The second-order valence-corrected chi connectivity index (χ2v) is 8.29. The van der Waals surface area contributed by atoms with Crippen LogP contribution in [0.4, 0.5) is 5.69 Å². The molecule has 0 aliphatic rings. The molecule has 0 unspecified atom stereocenters. The van der Waals surface area contributed by atoms with Gasteiger partial charge in [0.1, 0.15) is 10.7 Å². The van der Waals surface area contributed by atoms with Crippen LogP contribution in [0.5, 0.6) is 0 Å². The number of para-hydroxylation sites is 1. The van der Waals surface area contributed by atoms with E-state index < -0.39 is 10.0 Å². The minimum atomic E-state index is -3.75. The van der Waals surface area contributed by atoms with E-state index in [4.69, 9.17) is 0 Å². The lowest BCUT2D eigenvalue weighted by molar-refractivity contribution is 0.601. The minimum Gasteiger partial charge on any atom is -0.279 e. The van der Waals surface area contributed by atoms with Crippen LogP contribution >= 0.6 is 15.9 Å². The normalized spacial score (nSPS) is 11.7. The number of sulfonamides is 1. The molecule has 25 heavy (non-hydrogen) atoms. The van der Waals surface area contributed by atoms with Gasteiger partial charge in [0.15, 0.2) is 5.82 Å². The summed E-state index contributed by atoms with van der Waals surface area (Å²) in [6, 6.07) is 13.7. The Hall–Kier alpha value is -2.19. The monoisotopic (exact) mass is 420 g/mol. The van der Waals surface area contributed by atoms with Crippen LogP contribution in [0.1, 0.15) is 25.6 Å². The second-order valence-electron chi connectivity index (χ2n) is 5.78. The highest BCUT2D eigenvalue weighted by atomic mass is 79.9. The highest BCUT2D eigenvalue weighted by Crippen LogP contribution is 2.29. The maximum Gasteiger partial charge on any atom is 0.263 e. The molecule has 6 nitrogen and oxygen atoms in total. The van der Waals surface area contributed by atoms with Crippen LogP contribution in [-0.4, -0.2) is 23.6 Å². The van der Waals surface area contributed by atoms with Gasteiger partial charge < -0.3 is 0 Å². The van der Waals surface area contributed by atoms with E-state index in [0.29, 0.717) is 21.5 Å². The first kappa shape index (κ1) is 17.6. The Morgan fingerprint density at radius 2 is 1.76 bits per heavy atom. The van der Waals surface area contributed by atoms with Gasteiger partial charge in [-0.1, -0.05) is 38.1 Å². The van der Waals surface area contributed by atoms with Gasteiger partial charge in [-0.05, 0) is 40.2 Å². The lowest BCUT2D eigenvalue weighted by Gasteiger charge is -2.12. The topological polar surface area (TPSA) is 87.7 Å². The van der Waals surface area contributed by atoms with Gasteiger partial charge in [0.25, 0.3) is 10.0 Å². The quantitative estimate of drug-likeness (QED) is 0.648. The van der Waals surface area contributed by atoms with Crippen LogP contribution in [0.2, 0.25) is 0 Å². The van der Waals surface area contributed by atoms with Gasteiger partial charge in [0.2, 0.25) is 0 Å². The van der Waals surface area contributed by atoms with Crippen LogP contribution in [-0.2, 0) is 10.0 Å². The Morgan fingerprint density at radius 1 is 1.08 bits per heavy atom. The molecule has 3 aromatic rings. The lowest BCUT2D eigenvalue weighted by Crippen LogP contribution is -2.14. The molecule has 0 amide bonds. The van der Waals surface area contributed by atoms with E-state index in [2.05, 4.69) is 35.8 Å². The number of aromatic amines is 1. The fourth-order valence-electron chi connectivity index (χ4n) is 2.28. The first-order valence-corrected chi connectivity index (χ1v) is 9.95. The van der Waals surface area contributed by atoms with Crippen molar-refractivity contribution in [1.29, 1.82) is 0 Å². The molecule has 0 saturated carbocycles. The summed E-state index contributed by atoms with van der Waals surface area (Å²) in [5.41, 5.74) is 1.04. The van der Waals surface area contributed by atoms with Crippen molar-refractivity contribution in [3.63, 3.8) is 0 Å². The summed E-state index contributed by atoms with van der Waals surface area (Å²) in [6.07, 6.45) is 0. The van der Waals surface area contributed by atoms with Gasteiger partial charge in [0.05, 0.1) is 5.69 Å². The van der Waals surface area contributed by atoms with E-state index in [-0.39, 0.29) is 10.8 Å². The van der Waals surface area contributed by atoms with E-state index >= 15 is 0 Å². The molecule has 8 heteroatoms.